The number of nitro benzene ring substituents is 1. The second kappa shape index (κ2) is 6.20. The van der Waals surface area contributed by atoms with Gasteiger partial charge in [-0.2, -0.15) is 0 Å². The van der Waals surface area contributed by atoms with Gasteiger partial charge >= 0.3 is 0 Å². The lowest BCUT2D eigenvalue weighted by atomic mass is 9.95. The zero-order valence-corrected chi connectivity index (χ0v) is 13.2. The zero-order chi connectivity index (χ0) is 18.1. The Morgan fingerprint density at radius 2 is 1.72 bits per heavy atom. The SMILES string of the molecule is CC(=O)C1=C(O)C(=O)N(c2ccccc2)[C@@H]1c1ccccc1[N+](=O)[O-]. The van der Waals surface area contributed by atoms with Gasteiger partial charge in [-0.25, -0.2) is 0 Å². The van der Waals surface area contributed by atoms with Gasteiger partial charge in [-0.05, 0) is 25.1 Å². The summed E-state index contributed by atoms with van der Waals surface area (Å²) in [4.78, 5) is 36.7. The number of Topliss-reactive ketones (excluding diaryl/α,β-unsaturated/α-hetero) is 1. The molecule has 1 aliphatic heterocycles. The molecule has 1 heterocycles. The van der Waals surface area contributed by atoms with Gasteiger partial charge in [0.15, 0.2) is 11.5 Å². The molecule has 0 saturated carbocycles. The lowest BCUT2D eigenvalue weighted by Crippen LogP contribution is -2.31. The van der Waals surface area contributed by atoms with Crippen LogP contribution in [-0.4, -0.2) is 21.7 Å². The monoisotopic (exact) mass is 338 g/mol. The van der Waals surface area contributed by atoms with Crippen molar-refractivity contribution in [2.45, 2.75) is 13.0 Å². The van der Waals surface area contributed by atoms with Crippen LogP contribution in [0.15, 0.2) is 65.9 Å². The Labute approximate surface area is 143 Å². The lowest BCUT2D eigenvalue weighted by molar-refractivity contribution is -0.385. The molecule has 0 unspecified atom stereocenters. The van der Waals surface area contributed by atoms with E-state index in [1.807, 2.05) is 0 Å². The van der Waals surface area contributed by atoms with Crippen molar-refractivity contribution in [3.8, 4) is 0 Å². The standard InChI is InChI=1S/C18H14N2O5/c1-11(21)15-16(13-9-5-6-10-14(13)20(24)25)19(18(23)17(15)22)12-7-3-2-4-8-12/h2-10,16,22H,1H3/t16-/m1/s1. The number of aliphatic hydroxyl groups excluding tert-OH is 1. The Balaban J connectivity index is 2.26. The molecular formula is C18H14N2O5. The average Bonchev–Trinajstić information content (AvgIpc) is 2.87. The topological polar surface area (TPSA) is 101 Å². The minimum absolute atomic E-state index is 0.150. The van der Waals surface area contributed by atoms with Crippen LogP contribution in [0.2, 0.25) is 0 Å². The largest absolute Gasteiger partial charge is 0.503 e. The molecule has 1 N–H and O–H groups in total. The molecule has 3 rings (SSSR count). The first-order chi connectivity index (χ1) is 11.9. The first-order valence-electron chi connectivity index (χ1n) is 7.49. The number of benzene rings is 2. The van der Waals surface area contributed by atoms with Gasteiger partial charge in [-0.15, -0.1) is 0 Å². The van der Waals surface area contributed by atoms with E-state index >= 15 is 0 Å². The number of carbonyl (C=O) groups excluding carboxylic acids is 2. The number of rotatable bonds is 4. The van der Waals surface area contributed by atoms with Gasteiger partial charge in [0.2, 0.25) is 0 Å². The van der Waals surface area contributed by atoms with E-state index in [0.29, 0.717) is 5.69 Å². The maximum Gasteiger partial charge on any atom is 0.294 e. The molecule has 0 bridgehead atoms. The Hall–Kier alpha value is -3.48. The van der Waals surface area contributed by atoms with E-state index in [0.717, 1.165) is 0 Å². The lowest BCUT2D eigenvalue weighted by Gasteiger charge is -2.26. The van der Waals surface area contributed by atoms with Crippen LogP contribution in [0.4, 0.5) is 11.4 Å². The molecule has 0 spiro atoms. The van der Waals surface area contributed by atoms with Crippen LogP contribution in [-0.2, 0) is 9.59 Å². The van der Waals surface area contributed by atoms with Crippen molar-refractivity contribution in [3.05, 3.63) is 81.6 Å². The molecule has 126 valence electrons. The number of aliphatic hydroxyl groups is 1. The van der Waals surface area contributed by atoms with Gasteiger partial charge in [0, 0.05) is 11.8 Å². The fraction of sp³-hybridized carbons (Fsp3) is 0.111. The normalized spacial score (nSPS) is 17.1. The minimum Gasteiger partial charge on any atom is -0.503 e. The van der Waals surface area contributed by atoms with E-state index in [-0.39, 0.29) is 16.8 Å². The van der Waals surface area contributed by atoms with E-state index in [2.05, 4.69) is 0 Å². The van der Waals surface area contributed by atoms with Crippen molar-refractivity contribution in [1.82, 2.24) is 0 Å². The fourth-order valence-electron chi connectivity index (χ4n) is 3.00. The van der Waals surface area contributed by atoms with E-state index in [9.17, 15) is 24.8 Å². The third-order valence-corrected chi connectivity index (χ3v) is 4.05. The summed E-state index contributed by atoms with van der Waals surface area (Å²) in [6, 6.07) is 13.2. The van der Waals surface area contributed by atoms with Crippen molar-refractivity contribution >= 4 is 23.1 Å². The second-order valence-corrected chi connectivity index (χ2v) is 5.55. The zero-order valence-electron chi connectivity index (χ0n) is 13.2. The maximum absolute atomic E-state index is 12.6. The smallest absolute Gasteiger partial charge is 0.294 e. The van der Waals surface area contributed by atoms with Gasteiger partial charge in [0.1, 0.15) is 6.04 Å². The molecule has 0 saturated heterocycles. The number of amides is 1. The molecule has 1 atom stereocenters. The third-order valence-electron chi connectivity index (χ3n) is 4.05. The van der Waals surface area contributed by atoms with E-state index < -0.39 is 28.4 Å². The Kier molecular flexibility index (Phi) is 4.06. The molecule has 0 aliphatic carbocycles. The van der Waals surface area contributed by atoms with Crippen molar-refractivity contribution < 1.29 is 19.6 Å². The molecule has 1 amide bonds. The van der Waals surface area contributed by atoms with Crippen LogP contribution in [0.5, 0.6) is 0 Å². The minimum atomic E-state index is -1.06. The summed E-state index contributed by atoms with van der Waals surface area (Å²) in [5, 5.41) is 21.6. The first kappa shape index (κ1) is 16.4. The predicted octanol–water partition coefficient (Wildman–Crippen LogP) is 3.08. The number of nitrogens with zero attached hydrogens (tertiary/aromatic N) is 2. The van der Waals surface area contributed by atoms with Crippen LogP contribution in [0.25, 0.3) is 0 Å². The van der Waals surface area contributed by atoms with Crippen LogP contribution in [0.1, 0.15) is 18.5 Å². The predicted molar refractivity (Wildman–Crippen MR) is 90.1 cm³/mol. The number of hydrogen-bond donors (Lipinski definition) is 1. The fourth-order valence-corrected chi connectivity index (χ4v) is 3.00. The highest BCUT2D eigenvalue weighted by atomic mass is 16.6. The number of ketones is 1. The summed E-state index contributed by atoms with van der Waals surface area (Å²) in [6.45, 7) is 1.22. The van der Waals surface area contributed by atoms with Crippen LogP contribution >= 0.6 is 0 Å². The summed E-state index contributed by atoms with van der Waals surface area (Å²) < 4.78 is 0. The summed E-state index contributed by atoms with van der Waals surface area (Å²) in [7, 11) is 0. The molecule has 0 fully saturated rings. The van der Waals surface area contributed by atoms with Gasteiger partial charge in [0.25, 0.3) is 11.6 Å². The highest BCUT2D eigenvalue weighted by molar-refractivity contribution is 6.16. The number of para-hydroxylation sites is 2. The van der Waals surface area contributed by atoms with Crippen LogP contribution < -0.4 is 4.90 Å². The van der Waals surface area contributed by atoms with Gasteiger partial charge in [-0.1, -0.05) is 30.3 Å². The van der Waals surface area contributed by atoms with Gasteiger partial charge in [-0.3, -0.25) is 24.6 Å². The summed E-state index contributed by atoms with van der Waals surface area (Å²) >= 11 is 0. The highest BCUT2D eigenvalue weighted by Crippen LogP contribution is 2.43. The van der Waals surface area contributed by atoms with Crippen molar-refractivity contribution in [3.63, 3.8) is 0 Å². The Morgan fingerprint density at radius 3 is 2.32 bits per heavy atom. The molecule has 25 heavy (non-hydrogen) atoms. The number of carbonyl (C=O) groups is 2. The molecule has 0 radical (unpaired) electrons. The van der Waals surface area contributed by atoms with Crippen molar-refractivity contribution in [1.29, 1.82) is 0 Å². The summed E-state index contributed by atoms with van der Waals surface area (Å²) in [6.07, 6.45) is 0. The third kappa shape index (κ3) is 2.65. The summed E-state index contributed by atoms with van der Waals surface area (Å²) in [5.41, 5.74) is 0.218. The van der Waals surface area contributed by atoms with Gasteiger partial charge in [0.05, 0.1) is 16.1 Å². The Bertz CT molecular complexity index is 905. The Morgan fingerprint density at radius 1 is 1.12 bits per heavy atom. The van der Waals surface area contributed by atoms with Crippen LogP contribution in [0.3, 0.4) is 0 Å². The molecule has 0 aromatic heterocycles. The number of hydrogen-bond acceptors (Lipinski definition) is 5. The van der Waals surface area contributed by atoms with Gasteiger partial charge < -0.3 is 5.11 Å². The van der Waals surface area contributed by atoms with Crippen LogP contribution in [0, 0.1) is 10.1 Å². The molecule has 1 aliphatic rings. The van der Waals surface area contributed by atoms with Crippen molar-refractivity contribution in [2.24, 2.45) is 0 Å². The number of nitro groups is 1. The average molecular weight is 338 g/mol. The number of anilines is 1. The quantitative estimate of drug-likeness (QED) is 0.682. The maximum atomic E-state index is 12.6. The van der Waals surface area contributed by atoms with E-state index in [1.165, 1.54) is 30.0 Å². The van der Waals surface area contributed by atoms with E-state index in [4.69, 9.17) is 0 Å². The first-order valence-corrected chi connectivity index (χ1v) is 7.49. The molecule has 7 heteroatoms. The second-order valence-electron chi connectivity index (χ2n) is 5.55. The van der Waals surface area contributed by atoms with E-state index in [1.54, 1.807) is 36.4 Å². The molecule has 2 aromatic carbocycles. The molecule has 2 aromatic rings. The molecular weight excluding hydrogens is 324 g/mol. The molecule has 7 nitrogen and oxygen atoms in total. The summed E-state index contributed by atoms with van der Waals surface area (Å²) in [5.74, 6) is -1.97. The highest BCUT2D eigenvalue weighted by Gasteiger charge is 2.45. The van der Waals surface area contributed by atoms with Crippen molar-refractivity contribution in [2.75, 3.05) is 4.90 Å².